The highest BCUT2D eigenvalue weighted by molar-refractivity contribution is 6.24. The maximum Gasteiger partial charge on any atom is 0.331 e. The lowest BCUT2D eigenvalue weighted by Crippen LogP contribution is -2.54. The summed E-state index contributed by atoms with van der Waals surface area (Å²) in [6, 6.07) is 4.97. The first kappa shape index (κ1) is 46.7. The van der Waals surface area contributed by atoms with E-state index in [0.29, 0.717) is 60.7 Å². The zero-order valence-electron chi connectivity index (χ0n) is 36.7. The molecule has 1 saturated heterocycles. The van der Waals surface area contributed by atoms with E-state index in [2.05, 4.69) is 16.0 Å². The first-order valence-electron chi connectivity index (χ1n) is 21.3. The van der Waals surface area contributed by atoms with Crippen LogP contribution in [0.1, 0.15) is 94.8 Å². The third-order valence-electron chi connectivity index (χ3n) is 11.6. The number of unbranched alkanes of at least 4 members (excludes halogenated alkanes) is 5. The molecule has 2 atom stereocenters. The van der Waals surface area contributed by atoms with Gasteiger partial charge in [0.1, 0.15) is 23.3 Å². The summed E-state index contributed by atoms with van der Waals surface area (Å²) in [6.07, 6.45) is 6.70. The molecule has 4 N–H and O–H groups in total. The number of aliphatic carboxylic acids is 1. The predicted octanol–water partition coefficient (Wildman–Crippen LogP) is 2.76. The topological polar surface area (TPSA) is 235 Å². The number of aromatic nitrogens is 1. The minimum atomic E-state index is -1.49. The smallest absolute Gasteiger partial charge is 0.331 e. The molecule has 7 amide bonds. The van der Waals surface area contributed by atoms with Gasteiger partial charge in [0, 0.05) is 51.4 Å². The van der Waals surface area contributed by atoms with Crippen molar-refractivity contribution in [2.24, 2.45) is 7.05 Å². The number of carboxylic acids is 1. The van der Waals surface area contributed by atoms with Crippen LogP contribution in [0, 0.1) is 0 Å². The van der Waals surface area contributed by atoms with Gasteiger partial charge in [-0.05, 0) is 75.2 Å². The van der Waals surface area contributed by atoms with Crippen molar-refractivity contribution in [3.05, 3.63) is 74.7 Å². The number of carboxylic acid groups (broad SMARTS) is 1. The Morgan fingerprint density at radius 1 is 0.859 bits per heavy atom. The minimum absolute atomic E-state index is 0.00259. The fourth-order valence-corrected chi connectivity index (χ4v) is 8.48. The Bertz CT molecular complexity index is 2370. The zero-order chi connectivity index (χ0) is 46.2. The van der Waals surface area contributed by atoms with E-state index < -0.39 is 65.8 Å². The van der Waals surface area contributed by atoms with Crippen LogP contribution in [0.25, 0.3) is 11.1 Å². The molecule has 4 heterocycles. The summed E-state index contributed by atoms with van der Waals surface area (Å²) < 4.78 is 18.4. The van der Waals surface area contributed by atoms with Gasteiger partial charge >= 0.3 is 12.0 Å². The van der Waals surface area contributed by atoms with Crippen molar-refractivity contribution >= 4 is 41.5 Å². The molecule has 6 rings (SSSR count). The number of amides is 7. The monoisotopic (exact) mass is 885 g/mol. The number of ether oxygens (including phenoxy) is 3. The average molecular weight is 886 g/mol. The van der Waals surface area contributed by atoms with Crippen molar-refractivity contribution < 1.29 is 52.9 Å². The summed E-state index contributed by atoms with van der Waals surface area (Å²) in [5.74, 6) is -3.09. The van der Waals surface area contributed by atoms with Gasteiger partial charge in [0.2, 0.25) is 11.8 Å². The number of hydrogen-bond acceptors (Lipinski definition) is 12. The molecule has 19 heteroatoms. The number of fused-ring (bicyclic) bond motifs is 2. The van der Waals surface area contributed by atoms with Gasteiger partial charge in [0.25, 0.3) is 23.3 Å². The second kappa shape index (κ2) is 20.6. The van der Waals surface area contributed by atoms with Crippen LogP contribution < -0.4 is 35.7 Å². The Kier molecular flexibility index (Phi) is 15.1. The fourth-order valence-electron chi connectivity index (χ4n) is 8.48. The number of imide groups is 2. The minimum Gasteiger partial charge on any atom is -0.496 e. The molecule has 0 aliphatic carbocycles. The quantitative estimate of drug-likeness (QED) is 0.100. The number of rotatable bonds is 19. The third-order valence-corrected chi connectivity index (χ3v) is 11.6. The summed E-state index contributed by atoms with van der Waals surface area (Å²) >= 11 is 0. The van der Waals surface area contributed by atoms with Crippen molar-refractivity contribution in [1.82, 2.24) is 35.2 Å². The summed E-state index contributed by atoms with van der Waals surface area (Å²) in [7, 11) is 8.55. The van der Waals surface area contributed by atoms with Gasteiger partial charge in [-0.3, -0.25) is 39.0 Å². The lowest BCUT2D eigenvalue weighted by molar-refractivity contribution is -0.143. The van der Waals surface area contributed by atoms with E-state index in [1.807, 2.05) is 31.1 Å². The second-order valence-corrected chi connectivity index (χ2v) is 16.3. The van der Waals surface area contributed by atoms with Crippen LogP contribution in [-0.2, 0) is 39.2 Å². The molecular weight excluding hydrogens is 831 g/mol. The van der Waals surface area contributed by atoms with Gasteiger partial charge in [0.15, 0.2) is 12.6 Å². The Hall–Kier alpha value is -6.76. The van der Waals surface area contributed by atoms with Gasteiger partial charge in [0.05, 0.1) is 36.5 Å². The van der Waals surface area contributed by atoms with Gasteiger partial charge in [-0.2, -0.15) is 0 Å². The third kappa shape index (κ3) is 10.0. The predicted molar refractivity (Wildman–Crippen MR) is 231 cm³/mol. The van der Waals surface area contributed by atoms with Crippen molar-refractivity contribution in [1.29, 1.82) is 0 Å². The number of nitrogens with zero attached hydrogens (tertiary/aromatic N) is 4. The number of hydrogen-bond donors (Lipinski definition) is 4. The molecule has 342 valence electrons. The van der Waals surface area contributed by atoms with Crippen molar-refractivity contribution in [3.8, 4) is 28.4 Å². The van der Waals surface area contributed by atoms with E-state index >= 15 is 0 Å². The average Bonchev–Trinajstić information content (AvgIpc) is 3.52. The van der Waals surface area contributed by atoms with Gasteiger partial charge in [-0.25, -0.2) is 9.59 Å². The van der Waals surface area contributed by atoms with Crippen LogP contribution in [0.2, 0.25) is 0 Å². The van der Waals surface area contributed by atoms with E-state index in [1.165, 1.54) is 27.7 Å². The second-order valence-electron chi connectivity index (χ2n) is 16.3. The Balaban J connectivity index is 0.930. The summed E-state index contributed by atoms with van der Waals surface area (Å²) in [5.41, 5.74) is 2.32. The van der Waals surface area contributed by atoms with E-state index in [1.54, 1.807) is 27.5 Å². The van der Waals surface area contributed by atoms with Gasteiger partial charge < -0.3 is 44.3 Å². The molecule has 3 aliphatic rings. The molecule has 0 radical (unpaired) electrons. The van der Waals surface area contributed by atoms with Crippen molar-refractivity contribution in [3.63, 3.8) is 0 Å². The SMILES string of the molecule is COc1cc(-c2cn(C)c(=O)c3c2CCN(C(=O)NCCCCCCCCNC(=O)COc2cccc4c2C(=O)N(C2CCC(=O)NC2=O)C4=O)C3C(=O)O)cc(OC)c1CN(C)C. The van der Waals surface area contributed by atoms with Crippen LogP contribution in [0.5, 0.6) is 17.2 Å². The van der Waals surface area contributed by atoms with Crippen LogP contribution in [0.15, 0.2) is 41.3 Å². The number of piperidine rings is 1. The molecule has 0 spiro atoms. The highest BCUT2D eigenvalue weighted by atomic mass is 16.5. The van der Waals surface area contributed by atoms with Crippen molar-refractivity contribution in [2.45, 2.75) is 76.4 Å². The van der Waals surface area contributed by atoms with Crippen LogP contribution >= 0.6 is 0 Å². The first-order chi connectivity index (χ1) is 30.7. The maximum absolute atomic E-state index is 13.6. The number of carbonyl (C=O) groups is 7. The molecule has 2 unspecified atom stereocenters. The van der Waals surface area contributed by atoms with Crippen LogP contribution in [-0.4, -0.2) is 127 Å². The van der Waals surface area contributed by atoms with E-state index in [0.717, 1.165) is 36.1 Å². The molecule has 19 nitrogen and oxygen atoms in total. The highest BCUT2D eigenvalue weighted by Gasteiger charge is 2.46. The summed E-state index contributed by atoms with van der Waals surface area (Å²) in [5, 5.41) is 18.2. The highest BCUT2D eigenvalue weighted by Crippen LogP contribution is 2.40. The first-order valence-corrected chi connectivity index (χ1v) is 21.3. The molecular formula is C45H55N7O12. The number of benzene rings is 2. The fraction of sp³-hybridized carbons (Fsp3) is 0.467. The largest absolute Gasteiger partial charge is 0.496 e. The van der Waals surface area contributed by atoms with E-state index in [4.69, 9.17) is 14.2 Å². The molecule has 0 bridgehead atoms. The number of pyridine rings is 1. The Morgan fingerprint density at radius 3 is 2.14 bits per heavy atom. The van der Waals surface area contributed by atoms with E-state index in [-0.39, 0.29) is 48.2 Å². The summed E-state index contributed by atoms with van der Waals surface area (Å²) in [4.78, 5) is 107. The summed E-state index contributed by atoms with van der Waals surface area (Å²) in [6.45, 7) is 0.963. The van der Waals surface area contributed by atoms with Crippen molar-refractivity contribution in [2.75, 3.05) is 54.6 Å². The normalized spacial score (nSPS) is 16.9. The van der Waals surface area contributed by atoms with Gasteiger partial charge in [-0.15, -0.1) is 0 Å². The van der Waals surface area contributed by atoms with Gasteiger partial charge in [-0.1, -0.05) is 31.7 Å². The number of aryl methyl sites for hydroxylation is 1. The van der Waals surface area contributed by atoms with Crippen LogP contribution in [0.4, 0.5) is 4.79 Å². The Labute approximate surface area is 370 Å². The standard InChI is InChI=1S/C45H55N7O12/c1-49(2)23-30-33(62-4)21-26(22-34(30)63-5)29-24-50(3)42(57)38-27(29)17-20-51(39(38)44(59)60)45(61)47-19-11-9-7-6-8-10-18-46-36(54)25-64-32-14-12-13-28-37(32)43(58)52(41(28)56)31-15-16-35(53)48-40(31)55/h12-14,21-22,24,31,39H,6-11,15-20,23,25H2,1-5H3,(H,46,54)(H,47,61)(H,59,60)(H,48,53,55). The molecule has 64 heavy (non-hydrogen) atoms. The molecule has 2 aromatic carbocycles. The molecule has 1 aromatic heterocycles. The number of carbonyl (C=O) groups excluding carboxylic acids is 6. The lowest BCUT2D eigenvalue weighted by atomic mass is 9.87. The lowest BCUT2D eigenvalue weighted by Gasteiger charge is -2.35. The number of urea groups is 1. The number of methoxy groups -OCH3 is 2. The maximum atomic E-state index is 13.6. The molecule has 3 aliphatic heterocycles. The van der Waals surface area contributed by atoms with Crippen LogP contribution in [0.3, 0.4) is 0 Å². The van der Waals surface area contributed by atoms with E-state index in [9.17, 15) is 43.5 Å². The number of nitrogens with one attached hydrogen (secondary N) is 3. The molecule has 3 aromatic rings. The Morgan fingerprint density at radius 2 is 1.52 bits per heavy atom. The molecule has 0 saturated carbocycles. The molecule has 1 fully saturated rings. The zero-order valence-corrected chi connectivity index (χ0v) is 36.7.